The van der Waals surface area contributed by atoms with Crippen LogP contribution in [-0.4, -0.2) is 12.3 Å². The third-order valence-corrected chi connectivity index (χ3v) is 15.9. The van der Waals surface area contributed by atoms with Crippen LogP contribution in [0.3, 0.4) is 0 Å². The molecule has 0 bridgehead atoms. The van der Waals surface area contributed by atoms with E-state index in [1.807, 2.05) is 0 Å². The molecule has 1 aliphatic carbocycles. The van der Waals surface area contributed by atoms with Gasteiger partial charge in [-0.1, -0.05) is 136 Å². The van der Waals surface area contributed by atoms with E-state index in [0.29, 0.717) is 0 Å². The summed E-state index contributed by atoms with van der Waals surface area (Å²) in [6.07, 6.45) is 4.89. The van der Waals surface area contributed by atoms with Gasteiger partial charge < -0.3 is 14.7 Å². The van der Waals surface area contributed by atoms with Gasteiger partial charge in [0.15, 0.2) is 0 Å². The topological polar surface area (TPSA) is 9.72 Å². The molecule has 0 saturated heterocycles. The summed E-state index contributed by atoms with van der Waals surface area (Å²) in [7, 11) is 0. The fourth-order valence-corrected chi connectivity index (χ4v) is 12.5. The number of rotatable bonds is 3. The molecule has 1 saturated carbocycles. The highest BCUT2D eigenvalue weighted by molar-refractivity contribution is 7.01. The summed E-state index contributed by atoms with van der Waals surface area (Å²) in [6.45, 7) is 26.4. The molecule has 2 unspecified atom stereocenters. The van der Waals surface area contributed by atoms with Gasteiger partial charge in [0.1, 0.15) is 0 Å². The van der Waals surface area contributed by atoms with Crippen molar-refractivity contribution in [3.8, 4) is 0 Å². The van der Waals surface area contributed by atoms with E-state index < -0.39 is 0 Å². The molecule has 5 aliphatic rings. The van der Waals surface area contributed by atoms with Crippen molar-refractivity contribution in [2.24, 2.45) is 0 Å². The molecule has 4 heterocycles. The minimum Gasteiger partial charge on any atom is -0.334 e. The van der Waals surface area contributed by atoms with Crippen LogP contribution in [0.15, 0.2) is 115 Å². The van der Waals surface area contributed by atoms with Gasteiger partial charge in [-0.25, -0.2) is 0 Å². The summed E-state index contributed by atoms with van der Waals surface area (Å²) in [5, 5.41) is 0. The highest BCUT2D eigenvalue weighted by atomic mass is 15.3. The van der Waals surface area contributed by atoms with Crippen molar-refractivity contribution >= 4 is 68.6 Å². The molecule has 3 nitrogen and oxygen atoms in total. The van der Waals surface area contributed by atoms with Crippen molar-refractivity contribution < 1.29 is 0 Å². The van der Waals surface area contributed by atoms with Gasteiger partial charge in [0, 0.05) is 56.3 Å². The largest absolute Gasteiger partial charge is 0.334 e. The fourth-order valence-electron chi connectivity index (χ4n) is 12.5. The SMILES string of the molecule is Cc1cc2c3c(c1)C(C)(C)c1cccc4c1B3c1c(cc(N3c5ccccc5C5(C)CCCCC35C)cc1N2c1ccc(C(C)(C)C)cc1)N4c1ccc(C(C)(C)C)cc1. The first-order valence-corrected chi connectivity index (χ1v) is 22.6. The van der Waals surface area contributed by atoms with E-state index in [-0.39, 0.29) is 33.9 Å². The Bertz CT molecular complexity index is 2770. The lowest BCUT2D eigenvalue weighted by atomic mass is 9.28. The Hall–Kier alpha value is -5.22. The molecule has 2 atom stereocenters. The molecule has 4 heteroatoms. The van der Waals surface area contributed by atoms with Crippen LogP contribution in [0.25, 0.3) is 0 Å². The Morgan fingerprint density at radius 3 is 1.62 bits per heavy atom. The number of hydrogen-bond donors (Lipinski definition) is 0. The first-order chi connectivity index (χ1) is 28.4. The van der Waals surface area contributed by atoms with Crippen molar-refractivity contribution in [3.05, 3.63) is 149 Å². The van der Waals surface area contributed by atoms with Crippen LogP contribution >= 0.6 is 0 Å². The van der Waals surface area contributed by atoms with E-state index >= 15 is 0 Å². The maximum Gasteiger partial charge on any atom is 0.252 e. The number of fused-ring (bicyclic) bond motifs is 3. The lowest BCUT2D eigenvalue weighted by molar-refractivity contribution is 0.195. The Kier molecular flexibility index (Phi) is 7.68. The van der Waals surface area contributed by atoms with Gasteiger partial charge in [0.25, 0.3) is 6.71 Å². The maximum atomic E-state index is 2.78. The van der Waals surface area contributed by atoms with Crippen LogP contribution in [0.2, 0.25) is 0 Å². The second kappa shape index (κ2) is 12.2. The molecule has 6 aromatic carbocycles. The van der Waals surface area contributed by atoms with E-state index in [1.165, 1.54) is 115 Å². The monoisotopic (exact) mass is 785 g/mol. The smallest absolute Gasteiger partial charge is 0.252 e. The molecule has 0 amide bonds. The van der Waals surface area contributed by atoms with E-state index in [9.17, 15) is 0 Å². The van der Waals surface area contributed by atoms with E-state index in [1.54, 1.807) is 0 Å². The highest BCUT2D eigenvalue weighted by Gasteiger charge is 2.58. The molecule has 0 N–H and O–H groups in total. The molecule has 6 aromatic rings. The zero-order valence-electron chi connectivity index (χ0n) is 37.7. The van der Waals surface area contributed by atoms with Gasteiger partial charge in [0.2, 0.25) is 0 Å². The number of hydrogen-bond acceptors (Lipinski definition) is 3. The summed E-state index contributed by atoms with van der Waals surface area (Å²) < 4.78 is 0. The van der Waals surface area contributed by atoms with E-state index in [2.05, 4.69) is 206 Å². The standard InChI is InChI=1S/C56H60BN3/c1-35-31-43-50-46(32-35)59(39-27-23-37(24-28-39)53(5,6)7)48-34-40(60-44-19-13-12-17-41(44)55(10)29-14-15-30-56(55,60)11)33-47-51(48)57(50)49-42(54(43,8)9)18-16-20-45(49)58(47)38-25-21-36(22-26-38)52(2,3)4/h12-13,16-28,31-34H,14-15,29-30H2,1-11H3. The average Bonchev–Trinajstić information content (AvgIpc) is 3.42. The molecule has 0 aromatic heterocycles. The summed E-state index contributed by atoms with van der Waals surface area (Å²) in [5.41, 5.74) is 22.9. The number of anilines is 8. The van der Waals surface area contributed by atoms with Gasteiger partial charge in [0.05, 0.1) is 5.54 Å². The molecule has 0 radical (unpaired) electrons. The van der Waals surface area contributed by atoms with Gasteiger partial charge in [-0.15, -0.1) is 0 Å². The van der Waals surface area contributed by atoms with Crippen LogP contribution in [-0.2, 0) is 21.7 Å². The zero-order chi connectivity index (χ0) is 41.9. The predicted molar refractivity (Wildman–Crippen MR) is 258 cm³/mol. The zero-order valence-corrected chi connectivity index (χ0v) is 37.7. The molecule has 4 aliphatic heterocycles. The quantitative estimate of drug-likeness (QED) is 0.165. The first-order valence-electron chi connectivity index (χ1n) is 22.6. The molecule has 60 heavy (non-hydrogen) atoms. The Labute approximate surface area is 359 Å². The van der Waals surface area contributed by atoms with Crippen LogP contribution in [0.1, 0.15) is 128 Å². The van der Waals surface area contributed by atoms with Crippen molar-refractivity contribution in [2.45, 2.75) is 129 Å². The minimum absolute atomic E-state index is 0.0506. The van der Waals surface area contributed by atoms with Gasteiger partial charge >= 0.3 is 0 Å². The minimum atomic E-state index is -0.185. The van der Waals surface area contributed by atoms with Crippen molar-refractivity contribution in [1.82, 2.24) is 0 Å². The molecule has 302 valence electrons. The second-order valence-corrected chi connectivity index (χ2v) is 21.9. The summed E-state index contributed by atoms with van der Waals surface area (Å²) in [5.74, 6) is 0. The number of benzene rings is 6. The third kappa shape index (κ3) is 4.91. The van der Waals surface area contributed by atoms with Crippen LogP contribution in [0.5, 0.6) is 0 Å². The first kappa shape index (κ1) is 37.8. The Balaban J connectivity index is 1.27. The lowest BCUT2D eigenvalue weighted by Gasteiger charge is -2.52. The molecule has 1 fully saturated rings. The van der Waals surface area contributed by atoms with Gasteiger partial charge in [-0.3, -0.25) is 0 Å². The molecule has 0 spiro atoms. The highest BCUT2D eigenvalue weighted by Crippen LogP contribution is 2.62. The van der Waals surface area contributed by atoms with Crippen LogP contribution in [0, 0.1) is 6.92 Å². The fraction of sp³-hybridized carbons (Fsp3) is 0.357. The van der Waals surface area contributed by atoms with Crippen molar-refractivity contribution in [1.29, 1.82) is 0 Å². The number of aryl methyl sites for hydroxylation is 1. The summed E-state index contributed by atoms with van der Waals surface area (Å²) >= 11 is 0. The van der Waals surface area contributed by atoms with E-state index in [4.69, 9.17) is 0 Å². The second-order valence-electron chi connectivity index (χ2n) is 21.9. The molecular formula is C56H60BN3. The lowest BCUT2D eigenvalue weighted by Crippen LogP contribution is -2.67. The average molecular weight is 786 g/mol. The number of para-hydroxylation sites is 1. The van der Waals surface area contributed by atoms with E-state index in [0.717, 1.165) is 6.42 Å². The summed E-state index contributed by atoms with van der Waals surface area (Å²) in [4.78, 5) is 8.07. The summed E-state index contributed by atoms with van der Waals surface area (Å²) in [6, 6.07) is 45.7. The Morgan fingerprint density at radius 2 is 1.00 bits per heavy atom. The molecular weight excluding hydrogens is 725 g/mol. The molecule has 11 rings (SSSR count). The predicted octanol–water partition coefficient (Wildman–Crippen LogP) is 13.1. The van der Waals surface area contributed by atoms with Crippen molar-refractivity contribution in [3.63, 3.8) is 0 Å². The Morgan fingerprint density at radius 1 is 0.483 bits per heavy atom. The van der Waals surface area contributed by atoms with Crippen molar-refractivity contribution in [2.75, 3.05) is 14.7 Å². The van der Waals surface area contributed by atoms with Gasteiger partial charge in [-0.05, 0) is 142 Å². The normalized spacial score (nSPS) is 21.8. The maximum absolute atomic E-state index is 2.78. The number of nitrogens with zero attached hydrogens (tertiary/aromatic N) is 3. The van der Waals surface area contributed by atoms with Gasteiger partial charge in [-0.2, -0.15) is 0 Å². The van der Waals surface area contributed by atoms with Crippen LogP contribution < -0.4 is 31.1 Å². The third-order valence-electron chi connectivity index (χ3n) is 15.9. The van der Waals surface area contributed by atoms with Crippen LogP contribution in [0.4, 0.5) is 45.5 Å².